The normalized spacial score (nSPS) is 16.4. The molecule has 6 rings (SSSR count). The number of hydrogen-bond acceptors (Lipinski definition) is 6. The van der Waals surface area contributed by atoms with Crippen LogP contribution in [0.2, 0.25) is 0 Å². The van der Waals surface area contributed by atoms with Crippen LogP contribution >= 0.6 is 0 Å². The van der Waals surface area contributed by atoms with Gasteiger partial charge < -0.3 is 19.1 Å². The maximum absolute atomic E-state index is 15.7. The lowest BCUT2D eigenvalue weighted by molar-refractivity contribution is -0.137. The molecule has 2 aliphatic rings. The minimum atomic E-state index is -4.47. The highest BCUT2D eigenvalue weighted by atomic mass is 19.4. The van der Waals surface area contributed by atoms with Crippen LogP contribution < -0.4 is 9.80 Å². The molecule has 11 heteroatoms. The van der Waals surface area contributed by atoms with Gasteiger partial charge in [-0.1, -0.05) is 36.0 Å². The summed E-state index contributed by atoms with van der Waals surface area (Å²) in [4.78, 5) is 8.45. The second-order valence-corrected chi connectivity index (χ2v) is 11.7. The molecule has 1 atom stereocenters. The molecule has 0 unspecified atom stereocenters. The monoisotopic (exact) mass is 622 g/mol. The smallest absolute Gasteiger partial charge is 0.378 e. The largest absolute Gasteiger partial charge is 0.416 e. The maximum Gasteiger partial charge on any atom is 0.416 e. The van der Waals surface area contributed by atoms with Crippen LogP contribution in [0.1, 0.15) is 60.8 Å². The lowest BCUT2D eigenvalue weighted by Crippen LogP contribution is -2.37. The molecule has 0 spiro atoms. The quantitative estimate of drug-likeness (QED) is 0.202. The molecule has 3 aromatic carbocycles. The molecule has 1 aromatic heterocycles. The number of allylic oxidation sites excluding steroid dienone is 2. The van der Waals surface area contributed by atoms with Crippen molar-refractivity contribution in [1.29, 1.82) is 0 Å². The standard InChI is InChI=1S/C34H31F5N4O2/c1-20-26-17-28(36)30(42-13-15-44-16-14-42)18-29(26)43(21(2)22-5-7-24(8-6-22)34(37,38)39)19-27(20)31-40-32(45-41-31)33(3,4)23-9-11-25(35)12-10-23/h5-12,17-19,21H,1,13-16H2,2-4H3/t21-/m0/s1. The van der Waals surface area contributed by atoms with Gasteiger partial charge >= 0.3 is 6.18 Å². The fraction of sp³-hybridized carbons (Fsp3) is 0.294. The summed E-state index contributed by atoms with van der Waals surface area (Å²) in [6.07, 6.45) is -2.69. The molecule has 234 valence electrons. The summed E-state index contributed by atoms with van der Waals surface area (Å²) >= 11 is 0. The molecule has 3 heterocycles. The van der Waals surface area contributed by atoms with Crippen LogP contribution in [0.3, 0.4) is 0 Å². The van der Waals surface area contributed by atoms with Gasteiger partial charge in [-0.05, 0) is 73.9 Å². The Labute approximate surface area is 257 Å². The minimum Gasteiger partial charge on any atom is -0.378 e. The summed E-state index contributed by atoms with van der Waals surface area (Å²) in [6.45, 7) is 11.8. The molecule has 45 heavy (non-hydrogen) atoms. The van der Waals surface area contributed by atoms with E-state index in [2.05, 4.69) is 16.7 Å². The molecule has 0 saturated carbocycles. The van der Waals surface area contributed by atoms with Crippen LogP contribution in [0.4, 0.5) is 33.3 Å². The molecule has 2 aliphatic heterocycles. The zero-order chi connectivity index (χ0) is 32.1. The molecule has 0 N–H and O–H groups in total. The van der Waals surface area contributed by atoms with Crippen molar-refractivity contribution in [2.75, 3.05) is 36.1 Å². The summed E-state index contributed by atoms with van der Waals surface area (Å²) < 4.78 is 80.4. The number of aromatic nitrogens is 2. The number of ether oxygens (including phenoxy) is 1. The van der Waals surface area contributed by atoms with Crippen LogP contribution in [-0.2, 0) is 16.3 Å². The molecule has 0 amide bonds. The second-order valence-electron chi connectivity index (χ2n) is 11.7. The summed E-state index contributed by atoms with van der Waals surface area (Å²) in [5.41, 5.74) is 2.30. The number of benzene rings is 3. The average Bonchev–Trinajstić information content (AvgIpc) is 3.52. The Balaban J connectivity index is 1.43. The molecule has 1 fully saturated rings. The van der Waals surface area contributed by atoms with Crippen molar-refractivity contribution < 1.29 is 31.2 Å². The number of morpholine rings is 1. The van der Waals surface area contributed by atoms with Gasteiger partial charge in [-0.25, -0.2) is 8.78 Å². The maximum atomic E-state index is 15.7. The highest BCUT2D eigenvalue weighted by Crippen LogP contribution is 2.46. The fourth-order valence-electron chi connectivity index (χ4n) is 5.69. The van der Waals surface area contributed by atoms with E-state index in [1.807, 2.05) is 30.6 Å². The van der Waals surface area contributed by atoms with Gasteiger partial charge in [0.25, 0.3) is 0 Å². The number of nitrogens with zero attached hydrogens (tertiary/aromatic N) is 4. The van der Waals surface area contributed by atoms with E-state index in [1.54, 1.807) is 24.4 Å². The van der Waals surface area contributed by atoms with Crippen LogP contribution in [0, 0.1) is 11.6 Å². The molecule has 6 nitrogen and oxygen atoms in total. The second kappa shape index (κ2) is 11.4. The Morgan fingerprint density at radius 1 is 0.889 bits per heavy atom. The van der Waals surface area contributed by atoms with E-state index < -0.39 is 29.0 Å². The lowest BCUT2D eigenvalue weighted by Gasteiger charge is -2.37. The Bertz CT molecular complexity index is 1750. The Kier molecular flexibility index (Phi) is 7.76. The van der Waals surface area contributed by atoms with Crippen molar-refractivity contribution in [2.45, 2.75) is 38.4 Å². The van der Waals surface area contributed by atoms with E-state index in [9.17, 15) is 17.6 Å². The topological polar surface area (TPSA) is 54.6 Å². The van der Waals surface area contributed by atoms with E-state index >= 15 is 4.39 Å². The zero-order valence-electron chi connectivity index (χ0n) is 25.0. The van der Waals surface area contributed by atoms with E-state index in [4.69, 9.17) is 9.26 Å². The third-order valence-corrected chi connectivity index (χ3v) is 8.52. The van der Waals surface area contributed by atoms with Crippen molar-refractivity contribution in [3.63, 3.8) is 0 Å². The van der Waals surface area contributed by atoms with E-state index in [-0.39, 0.29) is 17.5 Å². The van der Waals surface area contributed by atoms with Crippen molar-refractivity contribution in [2.24, 2.45) is 0 Å². The summed E-state index contributed by atoms with van der Waals surface area (Å²) in [6, 6.07) is 13.7. The first kappa shape index (κ1) is 30.5. The fourth-order valence-corrected chi connectivity index (χ4v) is 5.69. The van der Waals surface area contributed by atoms with Crippen molar-refractivity contribution >= 4 is 22.5 Å². The van der Waals surface area contributed by atoms with E-state index in [0.29, 0.717) is 60.0 Å². The van der Waals surface area contributed by atoms with Gasteiger partial charge in [-0.3, -0.25) is 0 Å². The van der Waals surface area contributed by atoms with Gasteiger partial charge in [0.05, 0.1) is 41.6 Å². The number of halogens is 5. The van der Waals surface area contributed by atoms with Gasteiger partial charge in [0.1, 0.15) is 11.6 Å². The SMILES string of the molecule is C=C1C(c2noc(C(C)(C)c3ccc(F)cc3)n2)=CN([C@@H](C)c2ccc(C(F)(F)F)cc2)c2cc(N3CCOCC3)c(F)cc21. The number of rotatable bonds is 6. The van der Waals surface area contributed by atoms with Crippen molar-refractivity contribution in [3.05, 3.63) is 119 Å². The lowest BCUT2D eigenvalue weighted by atomic mass is 9.84. The summed E-state index contributed by atoms with van der Waals surface area (Å²) in [7, 11) is 0. The van der Waals surface area contributed by atoms with E-state index in [1.165, 1.54) is 30.3 Å². The molecule has 0 radical (unpaired) electrons. The molecule has 1 saturated heterocycles. The Morgan fingerprint density at radius 2 is 1.53 bits per heavy atom. The Hall–Kier alpha value is -4.51. The number of fused-ring (bicyclic) bond motifs is 1. The minimum absolute atomic E-state index is 0.207. The zero-order valence-corrected chi connectivity index (χ0v) is 25.0. The predicted octanol–water partition coefficient (Wildman–Crippen LogP) is 8.16. The van der Waals surface area contributed by atoms with Gasteiger partial charge in [0.2, 0.25) is 11.7 Å². The summed E-state index contributed by atoms with van der Waals surface area (Å²) in [5, 5.41) is 4.23. The first-order valence-electron chi connectivity index (χ1n) is 14.5. The Morgan fingerprint density at radius 3 is 2.18 bits per heavy atom. The van der Waals surface area contributed by atoms with Crippen LogP contribution in [0.15, 0.2) is 78.0 Å². The van der Waals surface area contributed by atoms with E-state index in [0.717, 1.165) is 17.7 Å². The highest BCUT2D eigenvalue weighted by Gasteiger charge is 2.35. The van der Waals surface area contributed by atoms with Gasteiger partial charge in [0.15, 0.2) is 0 Å². The predicted molar refractivity (Wildman–Crippen MR) is 162 cm³/mol. The van der Waals surface area contributed by atoms with Crippen LogP contribution in [-0.4, -0.2) is 36.4 Å². The van der Waals surface area contributed by atoms with Crippen LogP contribution in [0.25, 0.3) is 11.1 Å². The number of anilines is 2. The highest BCUT2D eigenvalue weighted by molar-refractivity contribution is 6.08. The van der Waals surface area contributed by atoms with Crippen molar-refractivity contribution in [1.82, 2.24) is 10.1 Å². The average molecular weight is 623 g/mol. The van der Waals surface area contributed by atoms with Crippen molar-refractivity contribution in [3.8, 4) is 0 Å². The molecular formula is C34H31F5N4O2. The number of hydrogen-bond donors (Lipinski definition) is 0. The molecular weight excluding hydrogens is 591 g/mol. The van der Waals surface area contributed by atoms with Gasteiger partial charge in [-0.2, -0.15) is 18.2 Å². The van der Waals surface area contributed by atoms with Gasteiger partial charge in [0, 0.05) is 30.4 Å². The first-order chi connectivity index (χ1) is 21.3. The third-order valence-electron chi connectivity index (χ3n) is 8.52. The summed E-state index contributed by atoms with van der Waals surface area (Å²) in [5.74, 6) is -0.321. The molecule has 4 aromatic rings. The third kappa shape index (κ3) is 5.72. The molecule has 0 aliphatic carbocycles. The molecule has 0 bridgehead atoms. The first-order valence-corrected chi connectivity index (χ1v) is 14.5. The van der Waals surface area contributed by atoms with Crippen LogP contribution in [0.5, 0.6) is 0 Å². The number of alkyl halides is 3. The van der Waals surface area contributed by atoms with Gasteiger partial charge in [-0.15, -0.1) is 0 Å².